The number of hydrogen-bond donors (Lipinski definition) is 1. The van der Waals surface area contributed by atoms with Crippen LogP contribution in [0.1, 0.15) is 48.2 Å². The van der Waals surface area contributed by atoms with Crippen LogP contribution in [0.3, 0.4) is 0 Å². The van der Waals surface area contributed by atoms with Gasteiger partial charge in [-0.1, -0.05) is 25.5 Å². The second-order valence-corrected chi connectivity index (χ2v) is 10.2. The van der Waals surface area contributed by atoms with Crippen molar-refractivity contribution in [3.63, 3.8) is 0 Å². The highest BCUT2D eigenvalue weighted by Crippen LogP contribution is 2.40. The molecule has 0 aromatic heterocycles. The van der Waals surface area contributed by atoms with Gasteiger partial charge in [0.15, 0.2) is 0 Å². The second-order valence-electron chi connectivity index (χ2n) is 10.2. The van der Waals surface area contributed by atoms with E-state index in [9.17, 15) is 23.6 Å². The zero-order valence-corrected chi connectivity index (χ0v) is 21.8. The quantitative estimate of drug-likeness (QED) is 0.610. The van der Waals surface area contributed by atoms with Crippen LogP contribution in [0.15, 0.2) is 42.5 Å². The summed E-state index contributed by atoms with van der Waals surface area (Å²) in [5.74, 6) is -2.28. The van der Waals surface area contributed by atoms with E-state index in [0.29, 0.717) is 11.3 Å². The number of likely N-dealkylation sites (tertiary alicyclic amines) is 1. The van der Waals surface area contributed by atoms with Gasteiger partial charge in [0.1, 0.15) is 17.4 Å². The summed E-state index contributed by atoms with van der Waals surface area (Å²) in [7, 11) is 1.43. The van der Waals surface area contributed by atoms with Gasteiger partial charge < -0.3 is 10.2 Å². The van der Waals surface area contributed by atoms with Crippen LogP contribution in [0.5, 0.6) is 0 Å². The lowest BCUT2D eigenvalue weighted by Gasteiger charge is -2.43. The molecule has 2 saturated heterocycles. The molecule has 0 radical (unpaired) electrons. The number of carbonyl (C=O) groups is 4. The van der Waals surface area contributed by atoms with E-state index in [1.165, 1.54) is 24.1 Å². The van der Waals surface area contributed by atoms with Crippen LogP contribution >= 0.6 is 0 Å². The van der Waals surface area contributed by atoms with E-state index in [1.54, 1.807) is 56.0 Å². The van der Waals surface area contributed by atoms with Crippen molar-refractivity contribution in [2.75, 3.05) is 25.0 Å². The van der Waals surface area contributed by atoms with E-state index < -0.39 is 29.3 Å². The third-order valence-corrected chi connectivity index (χ3v) is 7.35. The molecule has 1 N–H and O–H groups in total. The number of imide groups is 1. The number of hydrogen-bond acceptors (Lipinski definition) is 5. The summed E-state index contributed by atoms with van der Waals surface area (Å²) in [6.07, 6.45) is 0.415. The van der Waals surface area contributed by atoms with Gasteiger partial charge in [0.2, 0.25) is 5.91 Å². The van der Waals surface area contributed by atoms with Crippen molar-refractivity contribution in [1.29, 1.82) is 5.26 Å². The summed E-state index contributed by atoms with van der Waals surface area (Å²) in [4.78, 5) is 56.8. The zero-order chi connectivity index (χ0) is 27.8. The predicted octanol–water partition coefficient (Wildman–Crippen LogP) is 3.22. The summed E-state index contributed by atoms with van der Waals surface area (Å²) in [6.45, 7) is 5.72. The van der Waals surface area contributed by atoms with Gasteiger partial charge in [-0.15, -0.1) is 0 Å². The minimum atomic E-state index is -1.15. The maximum Gasteiger partial charge on any atom is 0.331 e. The zero-order valence-electron chi connectivity index (χ0n) is 21.8. The first-order chi connectivity index (χ1) is 18.0. The number of nitriles is 1. The number of nitrogens with zero attached hydrogens (tertiary/aromatic N) is 4. The van der Waals surface area contributed by atoms with E-state index in [4.69, 9.17) is 5.26 Å². The number of amides is 5. The number of likely N-dealkylation sites (N-methyl/N-ethyl adjacent to an activating group) is 1. The van der Waals surface area contributed by atoms with Crippen molar-refractivity contribution in [3.05, 3.63) is 65.0 Å². The Morgan fingerprint density at radius 1 is 1.08 bits per heavy atom. The molecule has 0 bridgehead atoms. The van der Waals surface area contributed by atoms with E-state index >= 15 is 0 Å². The lowest BCUT2D eigenvalue weighted by atomic mass is 9.85. The van der Waals surface area contributed by atoms with Gasteiger partial charge in [-0.2, -0.15) is 5.26 Å². The van der Waals surface area contributed by atoms with Gasteiger partial charge in [-0.25, -0.2) is 9.18 Å². The normalized spacial score (nSPS) is 17.7. The van der Waals surface area contributed by atoms with Gasteiger partial charge in [-0.3, -0.25) is 24.2 Å². The Labute approximate surface area is 220 Å². The van der Waals surface area contributed by atoms with Crippen molar-refractivity contribution in [2.24, 2.45) is 5.92 Å². The Balaban J connectivity index is 1.53. The average Bonchev–Trinajstić information content (AvgIpc) is 3.08. The SMILES string of the molecule is Cc1ccc(F)c(C(=O)N[C@@H](C(=O)N2CCC3(CC2)C(=O)N(C)C(=O)N3c2ccc(C#N)cc2)C(C)C)c1. The summed E-state index contributed by atoms with van der Waals surface area (Å²) >= 11 is 0. The highest BCUT2D eigenvalue weighted by Gasteiger charge is 2.58. The average molecular weight is 520 g/mol. The van der Waals surface area contributed by atoms with Crippen LogP contribution in [-0.4, -0.2) is 65.3 Å². The number of nitrogens with one attached hydrogen (secondary N) is 1. The van der Waals surface area contributed by atoms with Crippen molar-refractivity contribution < 1.29 is 23.6 Å². The summed E-state index contributed by atoms with van der Waals surface area (Å²) in [6, 6.07) is 11.3. The highest BCUT2D eigenvalue weighted by molar-refractivity contribution is 6.16. The minimum absolute atomic E-state index is 0.128. The van der Waals surface area contributed by atoms with Crippen LogP contribution in [0.25, 0.3) is 0 Å². The molecule has 2 aliphatic heterocycles. The number of rotatable bonds is 5. The molecule has 38 heavy (non-hydrogen) atoms. The van der Waals surface area contributed by atoms with Crippen LogP contribution in [0, 0.1) is 30.0 Å². The molecule has 9 nitrogen and oxygen atoms in total. The van der Waals surface area contributed by atoms with Gasteiger partial charge in [0.25, 0.3) is 11.8 Å². The molecule has 2 aromatic carbocycles. The predicted molar refractivity (Wildman–Crippen MR) is 138 cm³/mol. The van der Waals surface area contributed by atoms with Crippen molar-refractivity contribution in [3.8, 4) is 6.07 Å². The van der Waals surface area contributed by atoms with Gasteiger partial charge >= 0.3 is 6.03 Å². The molecule has 0 aliphatic carbocycles. The number of benzene rings is 2. The number of aryl methyl sites for hydroxylation is 1. The maximum absolute atomic E-state index is 14.3. The van der Waals surface area contributed by atoms with E-state index in [1.807, 2.05) is 6.07 Å². The molecule has 1 spiro atoms. The Hall–Kier alpha value is -4.26. The van der Waals surface area contributed by atoms with E-state index in [2.05, 4.69) is 5.32 Å². The molecule has 5 amide bonds. The van der Waals surface area contributed by atoms with Crippen LogP contribution in [0.4, 0.5) is 14.9 Å². The Morgan fingerprint density at radius 2 is 1.71 bits per heavy atom. The number of piperidine rings is 1. The first kappa shape index (κ1) is 26.8. The Kier molecular flexibility index (Phi) is 7.22. The lowest BCUT2D eigenvalue weighted by molar-refractivity contribution is -0.139. The highest BCUT2D eigenvalue weighted by atomic mass is 19.1. The maximum atomic E-state index is 14.3. The molecule has 2 heterocycles. The number of anilines is 1. The molecule has 198 valence electrons. The fourth-order valence-corrected chi connectivity index (χ4v) is 5.15. The topological polar surface area (TPSA) is 114 Å². The lowest BCUT2D eigenvalue weighted by Crippen LogP contribution is -2.60. The molecule has 1 atom stereocenters. The largest absolute Gasteiger partial charge is 0.341 e. The Bertz CT molecular complexity index is 1330. The molecule has 2 aliphatic rings. The summed E-state index contributed by atoms with van der Waals surface area (Å²) in [5, 5.41) is 11.8. The van der Waals surface area contributed by atoms with Crippen molar-refractivity contribution >= 4 is 29.4 Å². The number of halogens is 1. The molecular weight excluding hydrogens is 489 g/mol. The second kappa shape index (κ2) is 10.2. The standard InChI is InChI=1S/C28H30FN5O4/c1-17(2)23(31-24(35)21-15-18(3)5-10-22(21)29)25(36)33-13-11-28(12-14-33)26(37)32(4)27(38)34(28)20-8-6-19(16-30)7-9-20/h5-10,15,17,23H,11-14H2,1-4H3,(H,31,35)/t23-/m1/s1. The summed E-state index contributed by atoms with van der Waals surface area (Å²) in [5.41, 5.74) is 0.369. The smallest absolute Gasteiger partial charge is 0.331 e. The van der Waals surface area contributed by atoms with Gasteiger partial charge in [0, 0.05) is 25.8 Å². The molecular formula is C28H30FN5O4. The summed E-state index contributed by atoms with van der Waals surface area (Å²) < 4.78 is 14.3. The van der Waals surface area contributed by atoms with Crippen molar-refractivity contribution in [1.82, 2.24) is 15.1 Å². The molecule has 0 unspecified atom stereocenters. The Morgan fingerprint density at radius 3 is 2.29 bits per heavy atom. The van der Waals surface area contributed by atoms with E-state index in [-0.39, 0.29) is 49.2 Å². The fraction of sp³-hybridized carbons (Fsp3) is 0.393. The third kappa shape index (κ3) is 4.60. The van der Waals surface area contributed by atoms with Gasteiger partial charge in [-0.05, 0) is 62.1 Å². The third-order valence-electron chi connectivity index (χ3n) is 7.35. The molecule has 2 fully saturated rings. The molecule has 2 aromatic rings. The monoisotopic (exact) mass is 519 g/mol. The van der Waals surface area contributed by atoms with Crippen LogP contribution in [0.2, 0.25) is 0 Å². The first-order valence-corrected chi connectivity index (χ1v) is 12.5. The minimum Gasteiger partial charge on any atom is -0.341 e. The first-order valence-electron chi connectivity index (χ1n) is 12.5. The molecule has 4 rings (SSSR count). The van der Waals surface area contributed by atoms with Gasteiger partial charge in [0.05, 0.1) is 17.2 Å². The molecule has 10 heteroatoms. The van der Waals surface area contributed by atoms with Crippen LogP contribution in [-0.2, 0) is 9.59 Å². The molecule has 0 saturated carbocycles. The van der Waals surface area contributed by atoms with Crippen molar-refractivity contribution in [2.45, 2.75) is 45.2 Å². The fourth-order valence-electron chi connectivity index (χ4n) is 5.15. The number of carbonyl (C=O) groups excluding carboxylic acids is 4. The van der Waals surface area contributed by atoms with E-state index in [0.717, 1.165) is 10.5 Å². The van der Waals surface area contributed by atoms with Crippen LogP contribution < -0.4 is 10.2 Å². The number of urea groups is 1.